The molecular formula is C11H19F5OSn. The summed E-state index contributed by atoms with van der Waals surface area (Å²) in [7, 11) is 0. The Morgan fingerprint density at radius 1 is 0.889 bits per heavy atom. The molecule has 1 nitrogen and oxygen atoms in total. The third-order valence-corrected chi connectivity index (χ3v) is 4.85. The number of hydrogen-bond acceptors (Lipinski definition) is 1. The quantitative estimate of drug-likeness (QED) is 0.307. The molecular weight excluding hydrogens is 362 g/mol. The average Bonchev–Trinajstić information content (AvgIpc) is 2.25. The molecule has 0 heterocycles. The molecule has 7 heteroatoms. The summed E-state index contributed by atoms with van der Waals surface area (Å²) in [5.74, 6) is 0. The summed E-state index contributed by atoms with van der Waals surface area (Å²) in [6.07, 6.45) is -2.15. The van der Waals surface area contributed by atoms with Crippen LogP contribution in [0.1, 0.15) is 51.9 Å². The molecule has 0 aliphatic carbocycles. The maximum atomic E-state index is 13.0. The molecule has 0 aliphatic heterocycles. The molecule has 0 saturated carbocycles. The van der Waals surface area contributed by atoms with Crippen LogP contribution in [0.2, 0.25) is 0 Å². The van der Waals surface area contributed by atoms with E-state index in [9.17, 15) is 22.0 Å². The van der Waals surface area contributed by atoms with E-state index >= 15 is 0 Å². The molecule has 108 valence electrons. The van der Waals surface area contributed by atoms with Crippen molar-refractivity contribution in [3.8, 4) is 0 Å². The van der Waals surface area contributed by atoms with E-state index in [2.05, 4.69) is 6.92 Å². The molecule has 18 heavy (non-hydrogen) atoms. The Labute approximate surface area is 115 Å². The predicted molar refractivity (Wildman–Crippen MR) is 60.7 cm³/mol. The summed E-state index contributed by atoms with van der Waals surface area (Å²) in [6.45, 7) is 2.34. The first-order chi connectivity index (χ1) is 8.27. The summed E-state index contributed by atoms with van der Waals surface area (Å²) >= 11 is -2.49. The monoisotopic (exact) mass is 382 g/mol. The van der Waals surface area contributed by atoms with E-state index in [1.54, 1.807) is 0 Å². The third kappa shape index (κ3) is 12.9. The van der Waals surface area contributed by atoms with Gasteiger partial charge >= 0.3 is 115 Å². The number of unbranched alkanes of at least 4 members (excludes halogenated alkanes) is 4. The van der Waals surface area contributed by atoms with E-state index in [4.69, 9.17) is 3.07 Å². The van der Waals surface area contributed by atoms with Crippen LogP contribution in [-0.2, 0) is 3.07 Å². The zero-order valence-electron chi connectivity index (χ0n) is 10.5. The van der Waals surface area contributed by atoms with Crippen molar-refractivity contribution in [1.29, 1.82) is 0 Å². The van der Waals surface area contributed by atoms with E-state index < -0.39 is 44.5 Å². The minimum atomic E-state index is -4.51. The van der Waals surface area contributed by atoms with Gasteiger partial charge in [0, 0.05) is 0 Å². The van der Waals surface area contributed by atoms with Crippen LogP contribution in [0.4, 0.5) is 22.0 Å². The summed E-state index contributed by atoms with van der Waals surface area (Å²) in [6, 6.07) is 0. The van der Waals surface area contributed by atoms with Gasteiger partial charge < -0.3 is 0 Å². The van der Waals surface area contributed by atoms with Crippen molar-refractivity contribution in [2.45, 2.75) is 62.0 Å². The van der Waals surface area contributed by atoms with E-state index in [1.807, 2.05) is 0 Å². The first-order valence-corrected chi connectivity index (χ1v) is 8.69. The van der Waals surface area contributed by atoms with Crippen LogP contribution in [0.15, 0.2) is 0 Å². The van der Waals surface area contributed by atoms with E-state index in [-0.39, 0.29) is 6.61 Å². The third-order valence-electron chi connectivity index (χ3n) is 2.29. The standard InChI is InChI=1S/C7H15O.C4H4F5.Sn/c1-2-3-4-5-6-7-8;5-3(6)1-2-4(7,8)9;/h2-7H2,1H3;1-2H2;/q-1;;+1. The van der Waals surface area contributed by atoms with Gasteiger partial charge in [0.25, 0.3) is 0 Å². The molecule has 0 N–H and O–H groups in total. The van der Waals surface area contributed by atoms with Crippen molar-refractivity contribution in [2.75, 3.05) is 6.61 Å². The van der Waals surface area contributed by atoms with Gasteiger partial charge in [0.1, 0.15) is 0 Å². The van der Waals surface area contributed by atoms with Crippen molar-refractivity contribution in [3.63, 3.8) is 0 Å². The Morgan fingerprint density at radius 3 is 2.06 bits per heavy atom. The molecule has 0 spiro atoms. The van der Waals surface area contributed by atoms with Gasteiger partial charge in [0.2, 0.25) is 0 Å². The molecule has 0 amide bonds. The first kappa shape index (κ1) is 18.4. The van der Waals surface area contributed by atoms with Gasteiger partial charge in [0.15, 0.2) is 0 Å². The molecule has 0 unspecified atom stereocenters. The molecule has 0 aromatic carbocycles. The second-order valence-corrected chi connectivity index (χ2v) is 7.68. The van der Waals surface area contributed by atoms with Gasteiger partial charge in [-0.3, -0.25) is 0 Å². The average molecular weight is 381 g/mol. The number of halogens is 5. The Bertz CT molecular complexity index is 208. The van der Waals surface area contributed by atoms with Crippen molar-refractivity contribution in [1.82, 2.24) is 0 Å². The van der Waals surface area contributed by atoms with E-state index in [0.717, 1.165) is 32.1 Å². The maximum absolute atomic E-state index is 13.0. The van der Waals surface area contributed by atoms with Crippen molar-refractivity contribution in [2.24, 2.45) is 0 Å². The summed E-state index contributed by atoms with van der Waals surface area (Å²) in [4.78, 5) is 0. The molecule has 0 saturated heterocycles. The molecule has 0 fully saturated rings. The van der Waals surface area contributed by atoms with Crippen LogP contribution in [-0.4, -0.2) is 38.3 Å². The first-order valence-electron chi connectivity index (χ1n) is 6.10. The molecule has 2 radical (unpaired) electrons. The van der Waals surface area contributed by atoms with Gasteiger partial charge in [0.05, 0.1) is 0 Å². The number of rotatable bonds is 10. The van der Waals surface area contributed by atoms with Crippen LogP contribution in [0.25, 0.3) is 0 Å². The SMILES string of the molecule is CCCCCCC[O][Sn][C](F)(F)CCC(F)(F)F. The minimum absolute atomic E-state index is 0.261. The molecule has 0 aromatic heterocycles. The topological polar surface area (TPSA) is 9.23 Å². The van der Waals surface area contributed by atoms with E-state index in [1.165, 1.54) is 0 Å². The summed E-state index contributed by atoms with van der Waals surface area (Å²) in [5, 5.41) is 0. The second kappa shape index (κ2) is 9.33. The fourth-order valence-electron chi connectivity index (χ4n) is 1.28. The fraction of sp³-hybridized carbons (Fsp3) is 1.00. The predicted octanol–water partition coefficient (Wildman–Crippen LogP) is 4.53. The van der Waals surface area contributed by atoms with Crippen molar-refractivity contribution < 1.29 is 25.0 Å². The van der Waals surface area contributed by atoms with Gasteiger partial charge in [-0.25, -0.2) is 0 Å². The van der Waals surface area contributed by atoms with Crippen molar-refractivity contribution in [3.05, 3.63) is 0 Å². The molecule has 0 aliphatic rings. The number of hydrogen-bond donors (Lipinski definition) is 0. The molecule has 0 aromatic rings. The molecule has 0 bridgehead atoms. The number of alkyl halides is 5. The fourth-order valence-corrected chi connectivity index (χ4v) is 3.24. The van der Waals surface area contributed by atoms with Gasteiger partial charge in [-0.15, -0.1) is 0 Å². The van der Waals surface area contributed by atoms with Crippen LogP contribution in [0.3, 0.4) is 0 Å². The van der Waals surface area contributed by atoms with Gasteiger partial charge in [-0.05, 0) is 0 Å². The van der Waals surface area contributed by atoms with Crippen LogP contribution < -0.4 is 0 Å². The summed E-state index contributed by atoms with van der Waals surface area (Å²) in [5.41, 5.74) is 0. The Kier molecular flexibility index (Phi) is 9.55. The Hall–Kier alpha value is 0.409. The van der Waals surface area contributed by atoms with Gasteiger partial charge in [-0.1, -0.05) is 0 Å². The second-order valence-electron chi connectivity index (χ2n) is 4.18. The van der Waals surface area contributed by atoms with Crippen LogP contribution in [0.5, 0.6) is 0 Å². The zero-order valence-corrected chi connectivity index (χ0v) is 13.3. The zero-order chi connectivity index (χ0) is 14.1. The van der Waals surface area contributed by atoms with Crippen LogP contribution in [0, 0.1) is 0 Å². The van der Waals surface area contributed by atoms with Gasteiger partial charge in [-0.2, -0.15) is 0 Å². The normalized spacial score (nSPS) is 13.0. The summed E-state index contributed by atoms with van der Waals surface area (Å²) < 4.78 is 63.1. The van der Waals surface area contributed by atoms with Crippen LogP contribution >= 0.6 is 0 Å². The van der Waals surface area contributed by atoms with E-state index in [0.29, 0.717) is 0 Å². The Morgan fingerprint density at radius 2 is 1.50 bits per heavy atom. The molecule has 0 rings (SSSR count). The molecule has 0 atom stereocenters. The Balaban J connectivity index is 3.52. The van der Waals surface area contributed by atoms with Crippen molar-refractivity contribution >= 4 is 21.6 Å².